The molecule has 0 spiro atoms. The van der Waals surface area contributed by atoms with Crippen LogP contribution in [0.3, 0.4) is 0 Å². The van der Waals surface area contributed by atoms with Crippen molar-refractivity contribution in [1.82, 2.24) is 0 Å². The van der Waals surface area contributed by atoms with Gasteiger partial charge in [0.2, 0.25) is 0 Å². The Morgan fingerprint density at radius 1 is 0.340 bits per heavy atom. The summed E-state index contributed by atoms with van der Waals surface area (Å²) in [5.41, 5.74) is 9.93. The molecule has 9 aromatic carbocycles. The minimum atomic E-state index is 0.888. The Bertz CT molecular complexity index is 2750. The summed E-state index contributed by atoms with van der Waals surface area (Å²) >= 11 is 0. The number of rotatable bonds is 5. The van der Waals surface area contributed by atoms with Gasteiger partial charge < -0.3 is 9.32 Å². The van der Waals surface area contributed by atoms with Crippen LogP contribution in [0.15, 0.2) is 192 Å². The Morgan fingerprint density at radius 2 is 0.840 bits per heavy atom. The molecule has 0 atom stereocenters. The van der Waals surface area contributed by atoms with Crippen LogP contribution < -0.4 is 4.90 Å². The van der Waals surface area contributed by atoms with Gasteiger partial charge in [0, 0.05) is 22.1 Å². The molecule has 10 aromatic rings. The van der Waals surface area contributed by atoms with Crippen molar-refractivity contribution in [3.63, 3.8) is 0 Å². The van der Waals surface area contributed by atoms with E-state index in [4.69, 9.17) is 4.42 Å². The molecule has 2 heteroatoms. The highest BCUT2D eigenvalue weighted by atomic mass is 16.3. The third-order valence-electron chi connectivity index (χ3n) is 9.97. The van der Waals surface area contributed by atoms with Crippen LogP contribution in [0.1, 0.15) is 0 Å². The summed E-state index contributed by atoms with van der Waals surface area (Å²) in [6.45, 7) is 0. The zero-order valence-electron chi connectivity index (χ0n) is 27.3. The van der Waals surface area contributed by atoms with Crippen molar-refractivity contribution in [3.8, 4) is 22.3 Å². The maximum absolute atomic E-state index is 6.65. The largest absolute Gasteiger partial charge is 0.455 e. The lowest BCUT2D eigenvalue weighted by Gasteiger charge is -2.27. The lowest BCUT2D eigenvalue weighted by atomic mass is 9.98. The Labute approximate surface area is 290 Å². The van der Waals surface area contributed by atoms with Gasteiger partial charge in [-0.25, -0.2) is 0 Å². The Kier molecular flexibility index (Phi) is 6.53. The van der Waals surface area contributed by atoms with Gasteiger partial charge in [0.1, 0.15) is 11.2 Å². The zero-order valence-corrected chi connectivity index (χ0v) is 27.3. The molecule has 0 saturated carbocycles. The minimum absolute atomic E-state index is 0.888. The molecule has 0 aliphatic carbocycles. The Hall–Kier alpha value is -6.64. The first-order chi connectivity index (χ1) is 24.8. The maximum Gasteiger partial charge on any atom is 0.145 e. The molecule has 0 aliphatic rings. The van der Waals surface area contributed by atoms with E-state index in [2.05, 4.69) is 187 Å². The zero-order chi connectivity index (χ0) is 33.0. The van der Waals surface area contributed by atoms with E-state index in [1.807, 2.05) is 6.07 Å². The summed E-state index contributed by atoms with van der Waals surface area (Å²) in [5.74, 6) is 0. The summed E-state index contributed by atoms with van der Waals surface area (Å²) in [7, 11) is 0. The summed E-state index contributed by atoms with van der Waals surface area (Å²) in [6, 6.07) is 67.6. The molecular weight excluding hydrogens is 607 g/mol. The van der Waals surface area contributed by atoms with Crippen LogP contribution >= 0.6 is 0 Å². The van der Waals surface area contributed by atoms with Crippen molar-refractivity contribution in [1.29, 1.82) is 0 Å². The van der Waals surface area contributed by atoms with Gasteiger partial charge in [-0.05, 0) is 97.7 Å². The fourth-order valence-corrected chi connectivity index (χ4v) is 7.51. The number of para-hydroxylation sites is 1. The molecule has 0 aliphatic heterocycles. The summed E-state index contributed by atoms with van der Waals surface area (Å²) in [6.07, 6.45) is 0. The van der Waals surface area contributed by atoms with Crippen LogP contribution in [0, 0.1) is 0 Å². The molecule has 0 unspecified atom stereocenters. The molecule has 0 amide bonds. The molecule has 1 aromatic heterocycles. The van der Waals surface area contributed by atoms with Crippen molar-refractivity contribution < 1.29 is 4.42 Å². The highest BCUT2D eigenvalue weighted by molar-refractivity contribution is 6.22. The first kappa shape index (κ1) is 28.4. The van der Waals surface area contributed by atoms with Crippen LogP contribution in [0.2, 0.25) is 0 Å². The van der Waals surface area contributed by atoms with E-state index < -0.39 is 0 Å². The quantitative estimate of drug-likeness (QED) is 0.187. The average Bonchev–Trinajstić information content (AvgIpc) is 3.59. The minimum Gasteiger partial charge on any atom is -0.455 e. The van der Waals surface area contributed by atoms with Gasteiger partial charge in [-0.3, -0.25) is 0 Å². The van der Waals surface area contributed by atoms with E-state index in [0.717, 1.165) is 49.8 Å². The van der Waals surface area contributed by atoms with Crippen molar-refractivity contribution in [2.24, 2.45) is 0 Å². The average molecular weight is 638 g/mol. The molecule has 0 N–H and O–H groups in total. The lowest BCUT2D eigenvalue weighted by molar-refractivity contribution is 0.672. The van der Waals surface area contributed by atoms with Crippen LogP contribution in [-0.4, -0.2) is 0 Å². The second-order valence-corrected chi connectivity index (χ2v) is 13.0. The van der Waals surface area contributed by atoms with Crippen LogP contribution in [0.5, 0.6) is 0 Å². The number of hydrogen-bond donors (Lipinski definition) is 0. The van der Waals surface area contributed by atoms with Crippen molar-refractivity contribution in [2.75, 3.05) is 4.90 Å². The fraction of sp³-hybridized carbons (Fsp3) is 0. The molecule has 50 heavy (non-hydrogen) atoms. The van der Waals surface area contributed by atoms with Gasteiger partial charge in [0.15, 0.2) is 0 Å². The number of furan rings is 1. The second kappa shape index (κ2) is 11.5. The molecule has 2 nitrogen and oxygen atoms in total. The van der Waals surface area contributed by atoms with E-state index in [0.29, 0.717) is 0 Å². The second-order valence-electron chi connectivity index (χ2n) is 13.0. The van der Waals surface area contributed by atoms with E-state index in [1.165, 1.54) is 43.8 Å². The molecule has 1 heterocycles. The predicted molar refractivity (Wildman–Crippen MR) is 212 cm³/mol. The third kappa shape index (κ3) is 4.73. The summed E-state index contributed by atoms with van der Waals surface area (Å²) < 4.78 is 6.65. The van der Waals surface area contributed by atoms with Gasteiger partial charge in [0.25, 0.3) is 0 Å². The predicted octanol–water partition coefficient (Wildman–Crippen LogP) is 13.8. The molecule has 10 rings (SSSR count). The Balaban J connectivity index is 1.21. The highest BCUT2D eigenvalue weighted by Gasteiger charge is 2.22. The van der Waals surface area contributed by atoms with Gasteiger partial charge >= 0.3 is 0 Å². The van der Waals surface area contributed by atoms with E-state index in [9.17, 15) is 0 Å². The van der Waals surface area contributed by atoms with Crippen molar-refractivity contribution in [3.05, 3.63) is 188 Å². The molecule has 234 valence electrons. The normalized spacial score (nSPS) is 11.6. The summed E-state index contributed by atoms with van der Waals surface area (Å²) in [5, 5.41) is 9.26. The highest BCUT2D eigenvalue weighted by Crippen LogP contribution is 2.47. The smallest absolute Gasteiger partial charge is 0.145 e. The van der Waals surface area contributed by atoms with Gasteiger partial charge in [0.05, 0.1) is 11.1 Å². The van der Waals surface area contributed by atoms with Crippen LogP contribution in [-0.2, 0) is 0 Å². The van der Waals surface area contributed by atoms with Gasteiger partial charge in [-0.1, -0.05) is 140 Å². The number of nitrogens with zero attached hydrogens (tertiary/aromatic N) is 1. The maximum atomic E-state index is 6.65. The van der Waals surface area contributed by atoms with Crippen LogP contribution in [0.25, 0.3) is 76.5 Å². The lowest BCUT2D eigenvalue weighted by Crippen LogP contribution is -2.10. The first-order valence-electron chi connectivity index (χ1n) is 17.1. The van der Waals surface area contributed by atoms with E-state index in [1.54, 1.807) is 0 Å². The molecular formula is C48H31NO. The van der Waals surface area contributed by atoms with Crippen molar-refractivity contribution in [2.45, 2.75) is 0 Å². The molecule has 0 radical (unpaired) electrons. The standard InChI is InChI=1S/C48H31NO/c1-3-11-32(12-4-1)34-19-21-38-29-41(25-23-36(38)27-34)49(42-26-24-37-28-35(20-22-39(37)30-42)33-13-5-2-6-14-33)45-31-40-15-7-8-16-43(40)48-47(45)44-17-9-10-18-46(44)50-48/h1-31H. The van der Waals surface area contributed by atoms with Crippen molar-refractivity contribution >= 4 is 71.3 Å². The fourth-order valence-electron chi connectivity index (χ4n) is 7.51. The number of benzene rings is 9. The molecule has 0 bridgehead atoms. The first-order valence-corrected chi connectivity index (χ1v) is 17.1. The van der Waals surface area contributed by atoms with Gasteiger partial charge in [-0.15, -0.1) is 0 Å². The Morgan fingerprint density at radius 3 is 1.46 bits per heavy atom. The number of hydrogen-bond acceptors (Lipinski definition) is 2. The molecule has 0 fully saturated rings. The number of fused-ring (bicyclic) bond motifs is 7. The third-order valence-corrected chi connectivity index (χ3v) is 9.97. The number of anilines is 3. The molecule has 0 saturated heterocycles. The SMILES string of the molecule is c1ccc(-c2ccc3cc(N(c4ccc5cc(-c6ccccc6)ccc5c4)c4cc5ccccc5c5oc6ccccc6c45)ccc3c2)cc1. The van der Waals surface area contributed by atoms with E-state index in [-0.39, 0.29) is 0 Å². The van der Waals surface area contributed by atoms with Crippen LogP contribution in [0.4, 0.5) is 17.1 Å². The summed E-state index contributed by atoms with van der Waals surface area (Å²) in [4.78, 5) is 2.41. The topological polar surface area (TPSA) is 16.4 Å². The van der Waals surface area contributed by atoms with E-state index >= 15 is 0 Å². The van der Waals surface area contributed by atoms with Gasteiger partial charge in [-0.2, -0.15) is 0 Å². The monoisotopic (exact) mass is 637 g/mol.